The van der Waals surface area contributed by atoms with Crippen molar-refractivity contribution in [3.63, 3.8) is 0 Å². The van der Waals surface area contributed by atoms with Crippen LogP contribution in [0.2, 0.25) is 0 Å². The molecule has 1 heterocycles. The Hall–Kier alpha value is -0.830. The van der Waals surface area contributed by atoms with Crippen molar-refractivity contribution < 1.29 is 5.11 Å². The van der Waals surface area contributed by atoms with Gasteiger partial charge in [-0.1, -0.05) is 48.5 Å². The summed E-state index contributed by atoms with van der Waals surface area (Å²) in [7, 11) is 0. The molecular formula is C17H32N2O. The maximum atomic E-state index is 10.1. The Bertz CT molecular complexity index is 415. The van der Waals surface area contributed by atoms with E-state index in [0.717, 1.165) is 25.0 Å². The number of hydrogen-bond acceptors (Lipinski definition) is 2. The standard InChI is InChI=1S/C15H26N2O.C2H6/c1-10(2)11-9-14(15(3,4)5)17(16-11)12-7-6-8-13(12)18;1-2/h9-10,12-13,18H,6-8H2,1-5H3;1-2H3. The Morgan fingerprint density at radius 3 is 2.25 bits per heavy atom. The van der Waals surface area contributed by atoms with Crippen molar-refractivity contribution in [3.05, 3.63) is 17.5 Å². The number of aliphatic hydroxyl groups is 1. The predicted molar refractivity (Wildman–Crippen MR) is 85.3 cm³/mol. The third kappa shape index (κ3) is 3.63. The summed E-state index contributed by atoms with van der Waals surface area (Å²) in [5.74, 6) is 0.436. The van der Waals surface area contributed by atoms with Gasteiger partial charge in [-0.25, -0.2) is 0 Å². The summed E-state index contributed by atoms with van der Waals surface area (Å²) in [6, 6.07) is 2.39. The highest BCUT2D eigenvalue weighted by Gasteiger charge is 2.32. The van der Waals surface area contributed by atoms with Crippen LogP contribution in [0.4, 0.5) is 0 Å². The SMILES string of the molecule is CC.CC(C)c1cc(C(C)(C)C)n(C2CCCC2O)n1. The minimum Gasteiger partial charge on any atom is -0.391 e. The third-order valence-electron chi connectivity index (χ3n) is 3.87. The summed E-state index contributed by atoms with van der Waals surface area (Å²) < 4.78 is 2.10. The summed E-state index contributed by atoms with van der Waals surface area (Å²) in [5, 5.41) is 14.9. The van der Waals surface area contributed by atoms with Gasteiger partial charge in [-0.3, -0.25) is 4.68 Å². The van der Waals surface area contributed by atoms with E-state index in [9.17, 15) is 5.11 Å². The van der Waals surface area contributed by atoms with Crippen molar-refractivity contribution in [2.45, 2.75) is 91.2 Å². The molecule has 116 valence electrons. The Kier molecular flexibility index (Phi) is 5.81. The van der Waals surface area contributed by atoms with Crippen molar-refractivity contribution in [1.29, 1.82) is 0 Å². The Balaban J connectivity index is 0.000000956. The van der Waals surface area contributed by atoms with Gasteiger partial charge in [-0.15, -0.1) is 0 Å². The molecule has 1 saturated carbocycles. The molecule has 0 radical (unpaired) electrons. The second-order valence-electron chi connectivity index (χ2n) is 6.87. The van der Waals surface area contributed by atoms with Crippen LogP contribution in [0.25, 0.3) is 0 Å². The molecule has 1 aliphatic carbocycles. The lowest BCUT2D eigenvalue weighted by Crippen LogP contribution is -2.26. The van der Waals surface area contributed by atoms with E-state index in [1.807, 2.05) is 13.8 Å². The minimum atomic E-state index is -0.231. The average Bonchev–Trinajstić information content (AvgIpc) is 2.96. The largest absolute Gasteiger partial charge is 0.391 e. The van der Waals surface area contributed by atoms with Gasteiger partial charge in [0, 0.05) is 11.1 Å². The predicted octanol–water partition coefficient (Wildman–Crippen LogP) is 4.42. The summed E-state index contributed by atoms with van der Waals surface area (Å²) in [5.41, 5.74) is 2.46. The first-order chi connectivity index (χ1) is 9.30. The molecule has 0 aliphatic heterocycles. The molecule has 0 bridgehead atoms. The fourth-order valence-electron chi connectivity index (χ4n) is 2.71. The normalized spacial score (nSPS) is 22.9. The first kappa shape index (κ1) is 17.2. The van der Waals surface area contributed by atoms with Crippen LogP contribution in [0, 0.1) is 0 Å². The number of rotatable bonds is 2. The molecule has 2 rings (SSSR count). The molecule has 2 unspecified atom stereocenters. The number of aliphatic hydroxyl groups excluding tert-OH is 1. The maximum Gasteiger partial charge on any atom is 0.0781 e. The van der Waals surface area contributed by atoms with E-state index in [1.54, 1.807) is 0 Å². The van der Waals surface area contributed by atoms with Crippen LogP contribution in [-0.4, -0.2) is 21.0 Å². The van der Waals surface area contributed by atoms with Gasteiger partial charge < -0.3 is 5.11 Å². The van der Waals surface area contributed by atoms with Crippen LogP contribution in [0.1, 0.15) is 91.1 Å². The second-order valence-corrected chi connectivity index (χ2v) is 6.87. The first-order valence-corrected chi connectivity index (χ1v) is 8.08. The average molecular weight is 280 g/mol. The Morgan fingerprint density at radius 2 is 1.85 bits per heavy atom. The Labute approximate surface area is 124 Å². The molecule has 1 aliphatic rings. The lowest BCUT2D eigenvalue weighted by molar-refractivity contribution is 0.126. The monoisotopic (exact) mass is 280 g/mol. The molecule has 3 nitrogen and oxygen atoms in total. The van der Waals surface area contributed by atoms with Gasteiger partial charge in [0.1, 0.15) is 0 Å². The highest BCUT2D eigenvalue weighted by atomic mass is 16.3. The molecule has 0 spiro atoms. The van der Waals surface area contributed by atoms with Crippen molar-refractivity contribution in [2.24, 2.45) is 0 Å². The summed E-state index contributed by atoms with van der Waals surface area (Å²) in [6.07, 6.45) is 2.83. The lowest BCUT2D eigenvalue weighted by atomic mass is 9.91. The minimum absolute atomic E-state index is 0.0719. The second kappa shape index (κ2) is 6.75. The molecule has 3 heteroatoms. The van der Waals surface area contributed by atoms with Crippen molar-refractivity contribution >= 4 is 0 Å². The number of hydrogen-bond donors (Lipinski definition) is 1. The number of nitrogens with zero attached hydrogens (tertiary/aromatic N) is 2. The van der Waals surface area contributed by atoms with E-state index >= 15 is 0 Å². The van der Waals surface area contributed by atoms with Gasteiger partial charge in [-0.2, -0.15) is 5.10 Å². The van der Waals surface area contributed by atoms with Gasteiger partial charge in [0.05, 0.1) is 17.8 Å². The van der Waals surface area contributed by atoms with E-state index in [-0.39, 0.29) is 17.6 Å². The van der Waals surface area contributed by atoms with E-state index in [1.165, 1.54) is 5.69 Å². The van der Waals surface area contributed by atoms with Gasteiger partial charge in [0.15, 0.2) is 0 Å². The van der Waals surface area contributed by atoms with Crippen LogP contribution in [0.15, 0.2) is 6.07 Å². The van der Waals surface area contributed by atoms with Crippen LogP contribution in [0.5, 0.6) is 0 Å². The van der Waals surface area contributed by atoms with Crippen LogP contribution in [-0.2, 0) is 5.41 Å². The number of aromatic nitrogens is 2. The summed E-state index contributed by atoms with van der Waals surface area (Å²) in [6.45, 7) is 15.0. The molecule has 1 N–H and O–H groups in total. The fourth-order valence-corrected chi connectivity index (χ4v) is 2.71. The van der Waals surface area contributed by atoms with Gasteiger partial charge >= 0.3 is 0 Å². The molecule has 2 atom stereocenters. The zero-order valence-corrected chi connectivity index (χ0v) is 14.3. The van der Waals surface area contributed by atoms with E-state index in [0.29, 0.717) is 5.92 Å². The Morgan fingerprint density at radius 1 is 1.25 bits per heavy atom. The maximum absolute atomic E-state index is 10.1. The summed E-state index contributed by atoms with van der Waals surface area (Å²) >= 11 is 0. The molecule has 0 aromatic carbocycles. The quantitative estimate of drug-likeness (QED) is 0.871. The zero-order chi connectivity index (χ0) is 15.5. The molecule has 20 heavy (non-hydrogen) atoms. The zero-order valence-electron chi connectivity index (χ0n) is 14.3. The highest BCUT2D eigenvalue weighted by molar-refractivity contribution is 5.21. The smallest absolute Gasteiger partial charge is 0.0781 e. The van der Waals surface area contributed by atoms with Crippen LogP contribution < -0.4 is 0 Å². The fraction of sp³-hybridized carbons (Fsp3) is 0.824. The van der Waals surface area contributed by atoms with Crippen molar-refractivity contribution in [2.75, 3.05) is 0 Å². The van der Waals surface area contributed by atoms with Gasteiger partial charge in [-0.05, 0) is 31.2 Å². The molecule has 0 saturated heterocycles. The first-order valence-electron chi connectivity index (χ1n) is 8.08. The molecule has 1 fully saturated rings. The van der Waals surface area contributed by atoms with Gasteiger partial charge in [0.2, 0.25) is 0 Å². The topological polar surface area (TPSA) is 38.0 Å². The molecule has 0 amide bonds. The van der Waals surface area contributed by atoms with E-state index in [4.69, 9.17) is 5.10 Å². The van der Waals surface area contributed by atoms with Crippen LogP contribution >= 0.6 is 0 Å². The lowest BCUT2D eigenvalue weighted by Gasteiger charge is -2.25. The van der Waals surface area contributed by atoms with Crippen LogP contribution in [0.3, 0.4) is 0 Å². The van der Waals surface area contributed by atoms with Gasteiger partial charge in [0.25, 0.3) is 0 Å². The highest BCUT2D eigenvalue weighted by Crippen LogP contribution is 2.35. The van der Waals surface area contributed by atoms with Crippen molar-refractivity contribution in [3.8, 4) is 0 Å². The molecule has 1 aromatic rings. The van der Waals surface area contributed by atoms with E-state index in [2.05, 4.69) is 45.4 Å². The molecule has 1 aromatic heterocycles. The summed E-state index contributed by atoms with van der Waals surface area (Å²) in [4.78, 5) is 0. The third-order valence-corrected chi connectivity index (χ3v) is 3.87. The van der Waals surface area contributed by atoms with Crippen molar-refractivity contribution in [1.82, 2.24) is 9.78 Å². The molecular weight excluding hydrogens is 248 g/mol. The van der Waals surface area contributed by atoms with E-state index < -0.39 is 0 Å².